The van der Waals surface area contributed by atoms with Gasteiger partial charge in [0, 0.05) is 17.0 Å². The van der Waals surface area contributed by atoms with E-state index in [1.54, 1.807) is 6.07 Å². The predicted octanol–water partition coefficient (Wildman–Crippen LogP) is 3.36. The van der Waals surface area contributed by atoms with E-state index in [2.05, 4.69) is 10.5 Å². The summed E-state index contributed by atoms with van der Waals surface area (Å²) < 4.78 is 18.2. The van der Waals surface area contributed by atoms with Crippen molar-refractivity contribution in [2.75, 3.05) is 5.32 Å². The number of carbonyl (C=O) groups is 1. The Hall–Kier alpha value is -2.17. The topological polar surface area (TPSA) is 55.1 Å². The van der Waals surface area contributed by atoms with E-state index in [0.29, 0.717) is 11.6 Å². The molecule has 0 bridgehead atoms. The van der Waals surface area contributed by atoms with Gasteiger partial charge in [-0.05, 0) is 18.2 Å². The summed E-state index contributed by atoms with van der Waals surface area (Å²) in [6.07, 6.45) is 0. The zero-order chi connectivity index (χ0) is 14.0. The molecule has 1 amide bonds. The predicted molar refractivity (Wildman–Crippen MR) is 69.6 cm³/mol. The minimum absolute atomic E-state index is 0.186. The Bertz CT molecular complexity index is 599. The average Bonchev–Trinajstić information content (AvgIpc) is 2.77. The van der Waals surface area contributed by atoms with Crippen LogP contribution >= 0.6 is 0 Å². The van der Waals surface area contributed by atoms with Gasteiger partial charge in [-0.2, -0.15) is 0 Å². The van der Waals surface area contributed by atoms with Gasteiger partial charge in [-0.15, -0.1) is 0 Å². The number of anilines is 1. The highest BCUT2D eigenvalue weighted by Gasteiger charge is 2.20. The van der Waals surface area contributed by atoms with E-state index in [4.69, 9.17) is 4.52 Å². The number of rotatable bonds is 2. The second-order valence-electron chi connectivity index (χ2n) is 5.29. The molecule has 0 aliphatic rings. The fourth-order valence-electron chi connectivity index (χ4n) is 1.51. The van der Waals surface area contributed by atoms with Crippen molar-refractivity contribution in [1.82, 2.24) is 5.16 Å². The van der Waals surface area contributed by atoms with Crippen molar-refractivity contribution in [3.63, 3.8) is 0 Å². The largest absolute Gasteiger partial charge is 0.359 e. The number of carbonyl (C=O) groups excluding carboxylic acids is 1. The molecule has 0 aliphatic heterocycles. The molecule has 19 heavy (non-hydrogen) atoms. The van der Waals surface area contributed by atoms with Crippen LogP contribution in [0, 0.1) is 5.82 Å². The van der Waals surface area contributed by atoms with Crippen LogP contribution in [-0.4, -0.2) is 11.1 Å². The Morgan fingerprint density at radius 2 is 2.05 bits per heavy atom. The normalized spacial score (nSPS) is 11.4. The summed E-state index contributed by atoms with van der Waals surface area (Å²) in [4.78, 5) is 11.9. The lowest BCUT2D eigenvalue weighted by atomic mass is 9.93. The van der Waals surface area contributed by atoms with Crippen molar-refractivity contribution in [2.24, 2.45) is 0 Å². The van der Waals surface area contributed by atoms with Crippen LogP contribution in [0.15, 0.2) is 34.9 Å². The standard InChI is InChI=1S/C14H15FN2O2/c1-14(2,3)11-8-12(17-19-11)16-13(18)9-5-4-6-10(15)7-9/h4-8H,1-3H3,(H,16,17,18). The van der Waals surface area contributed by atoms with Crippen LogP contribution in [0.25, 0.3) is 0 Å². The molecule has 1 heterocycles. The maximum atomic E-state index is 13.0. The third kappa shape index (κ3) is 3.19. The second kappa shape index (κ2) is 4.84. The summed E-state index contributed by atoms with van der Waals surface area (Å²) in [6, 6.07) is 7.12. The van der Waals surface area contributed by atoms with E-state index in [-0.39, 0.29) is 11.0 Å². The van der Waals surface area contributed by atoms with Crippen LogP contribution < -0.4 is 5.32 Å². The fourth-order valence-corrected chi connectivity index (χ4v) is 1.51. The van der Waals surface area contributed by atoms with E-state index in [1.807, 2.05) is 20.8 Å². The fraction of sp³-hybridized carbons (Fsp3) is 0.286. The molecule has 5 heteroatoms. The number of halogens is 1. The van der Waals surface area contributed by atoms with Crippen molar-refractivity contribution in [3.05, 3.63) is 47.5 Å². The Morgan fingerprint density at radius 3 is 2.63 bits per heavy atom. The summed E-state index contributed by atoms with van der Waals surface area (Å²) >= 11 is 0. The maximum absolute atomic E-state index is 13.0. The Morgan fingerprint density at radius 1 is 1.32 bits per heavy atom. The third-order valence-corrected chi connectivity index (χ3v) is 2.58. The molecule has 0 radical (unpaired) electrons. The minimum Gasteiger partial charge on any atom is -0.359 e. The van der Waals surface area contributed by atoms with Crippen molar-refractivity contribution in [1.29, 1.82) is 0 Å². The second-order valence-corrected chi connectivity index (χ2v) is 5.29. The van der Waals surface area contributed by atoms with Crippen LogP contribution in [0.3, 0.4) is 0 Å². The molecule has 1 aromatic heterocycles. The molecule has 0 atom stereocenters. The summed E-state index contributed by atoms with van der Waals surface area (Å²) in [7, 11) is 0. The number of nitrogens with zero attached hydrogens (tertiary/aromatic N) is 1. The third-order valence-electron chi connectivity index (χ3n) is 2.58. The van der Waals surface area contributed by atoms with Crippen LogP contribution in [0.1, 0.15) is 36.9 Å². The highest BCUT2D eigenvalue weighted by atomic mass is 19.1. The van der Waals surface area contributed by atoms with Crippen LogP contribution in [-0.2, 0) is 5.41 Å². The van der Waals surface area contributed by atoms with E-state index in [0.717, 1.165) is 0 Å². The van der Waals surface area contributed by atoms with Gasteiger partial charge in [0.25, 0.3) is 5.91 Å². The summed E-state index contributed by atoms with van der Waals surface area (Å²) in [5, 5.41) is 6.34. The monoisotopic (exact) mass is 262 g/mol. The summed E-state index contributed by atoms with van der Waals surface area (Å²) in [5.74, 6) is 0.109. The molecule has 0 spiro atoms. The summed E-state index contributed by atoms with van der Waals surface area (Å²) in [6.45, 7) is 5.93. The van der Waals surface area contributed by atoms with Crippen molar-refractivity contribution in [3.8, 4) is 0 Å². The first-order chi connectivity index (χ1) is 8.86. The van der Waals surface area contributed by atoms with Gasteiger partial charge in [-0.25, -0.2) is 4.39 Å². The molecule has 2 rings (SSSR count). The lowest BCUT2D eigenvalue weighted by Crippen LogP contribution is -2.12. The van der Waals surface area contributed by atoms with E-state index >= 15 is 0 Å². The molecule has 0 saturated carbocycles. The molecule has 2 aromatic rings. The first kappa shape index (κ1) is 13.3. The van der Waals surface area contributed by atoms with E-state index in [1.165, 1.54) is 24.3 Å². The van der Waals surface area contributed by atoms with E-state index < -0.39 is 11.7 Å². The number of nitrogens with one attached hydrogen (secondary N) is 1. The number of hydrogen-bond acceptors (Lipinski definition) is 3. The van der Waals surface area contributed by atoms with Crippen LogP contribution in [0.2, 0.25) is 0 Å². The maximum Gasteiger partial charge on any atom is 0.257 e. The lowest BCUT2D eigenvalue weighted by molar-refractivity contribution is 0.102. The van der Waals surface area contributed by atoms with Gasteiger partial charge in [0.1, 0.15) is 11.6 Å². The number of aromatic nitrogens is 1. The van der Waals surface area contributed by atoms with Gasteiger partial charge >= 0.3 is 0 Å². The SMILES string of the molecule is CC(C)(C)c1cc(NC(=O)c2cccc(F)c2)no1. The molecule has 1 N–H and O–H groups in total. The first-order valence-electron chi connectivity index (χ1n) is 5.90. The highest BCUT2D eigenvalue weighted by Crippen LogP contribution is 2.24. The molecule has 1 aromatic carbocycles. The van der Waals surface area contributed by atoms with Gasteiger partial charge in [-0.1, -0.05) is 32.0 Å². The smallest absolute Gasteiger partial charge is 0.257 e. The van der Waals surface area contributed by atoms with Crippen LogP contribution in [0.5, 0.6) is 0 Å². The first-order valence-corrected chi connectivity index (χ1v) is 5.90. The van der Waals surface area contributed by atoms with Gasteiger partial charge in [-0.3, -0.25) is 4.79 Å². The molecule has 0 fully saturated rings. The van der Waals surface area contributed by atoms with Crippen LogP contribution in [0.4, 0.5) is 10.2 Å². The Balaban J connectivity index is 2.13. The summed E-state index contributed by atoms with van der Waals surface area (Å²) in [5.41, 5.74) is 0.0507. The van der Waals surface area contributed by atoms with E-state index in [9.17, 15) is 9.18 Å². The minimum atomic E-state index is -0.455. The molecule has 0 saturated heterocycles. The number of hydrogen-bond donors (Lipinski definition) is 1. The van der Waals surface area contributed by atoms with Gasteiger partial charge in [0.05, 0.1) is 0 Å². The highest BCUT2D eigenvalue weighted by molar-refractivity contribution is 6.03. The molecular formula is C14H15FN2O2. The van der Waals surface area contributed by atoms with Crippen molar-refractivity contribution in [2.45, 2.75) is 26.2 Å². The quantitative estimate of drug-likeness (QED) is 0.902. The van der Waals surface area contributed by atoms with Crippen molar-refractivity contribution >= 4 is 11.7 Å². The Labute approximate surface area is 110 Å². The molecule has 0 unspecified atom stereocenters. The van der Waals surface area contributed by atoms with Gasteiger partial charge in [0.2, 0.25) is 0 Å². The molecular weight excluding hydrogens is 247 g/mol. The van der Waals surface area contributed by atoms with Gasteiger partial charge < -0.3 is 9.84 Å². The average molecular weight is 262 g/mol. The zero-order valence-corrected chi connectivity index (χ0v) is 11.0. The van der Waals surface area contributed by atoms with Gasteiger partial charge in [0.15, 0.2) is 5.82 Å². The van der Waals surface area contributed by atoms with Crippen molar-refractivity contribution < 1.29 is 13.7 Å². The molecule has 100 valence electrons. The molecule has 0 aliphatic carbocycles. The zero-order valence-electron chi connectivity index (χ0n) is 11.0. The lowest BCUT2D eigenvalue weighted by Gasteiger charge is -2.12. The number of benzene rings is 1. The number of amides is 1. The Kier molecular flexibility index (Phi) is 3.38. The molecule has 4 nitrogen and oxygen atoms in total.